The zero-order chi connectivity index (χ0) is 21.6. The van der Waals surface area contributed by atoms with Gasteiger partial charge in [-0.3, -0.25) is 9.52 Å². The van der Waals surface area contributed by atoms with Crippen LogP contribution in [0, 0.1) is 5.82 Å². The van der Waals surface area contributed by atoms with Crippen LogP contribution in [-0.4, -0.2) is 30.4 Å². The maximum atomic E-state index is 14.0. The van der Waals surface area contributed by atoms with Crippen molar-refractivity contribution in [2.24, 2.45) is 0 Å². The minimum atomic E-state index is -3.76. The zero-order valence-electron chi connectivity index (χ0n) is 16.1. The zero-order valence-corrected chi connectivity index (χ0v) is 17.7. The monoisotopic (exact) mass is 458 g/mol. The molecule has 0 radical (unpaired) electrons. The van der Waals surface area contributed by atoms with E-state index in [0.29, 0.717) is 29.6 Å². The molecule has 5 rings (SSSR count). The van der Waals surface area contributed by atoms with Crippen LogP contribution in [0.3, 0.4) is 0 Å². The molecule has 0 saturated carbocycles. The summed E-state index contributed by atoms with van der Waals surface area (Å²) in [5.74, 6) is -0.431. The van der Waals surface area contributed by atoms with Crippen molar-refractivity contribution in [2.45, 2.75) is 17.4 Å². The maximum absolute atomic E-state index is 14.0. The first kappa shape index (κ1) is 19.7. The molecule has 160 valence electrons. The van der Waals surface area contributed by atoms with Crippen molar-refractivity contribution >= 4 is 49.0 Å². The SMILES string of the molecule is O=C1[C@@H](n2ccc3c(F)cccc32)CCN1c1ccc(S(=O)(=O)Nc2nccs2)cc1.[HH]. The molecule has 2 aromatic carbocycles. The average Bonchev–Trinajstić information content (AvgIpc) is 3.48. The average molecular weight is 459 g/mol. The number of sulfonamides is 1. The van der Waals surface area contributed by atoms with Crippen molar-refractivity contribution in [1.82, 2.24) is 9.55 Å². The highest BCUT2D eigenvalue weighted by Gasteiger charge is 2.34. The molecule has 1 fully saturated rings. The summed E-state index contributed by atoms with van der Waals surface area (Å²) in [6.07, 6.45) is 3.83. The Morgan fingerprint density at radius 3 is 2.71 bits per heavy atom. The van der Waals surface area contributed by atoms with Crippen LogP contribution in [0.1, 0.15) is 13.9 Å². The first-order valence-electron chi connectivity index (χ1n) is 9.53. The summed E-state index contributed by atoms with van der Waals surface area (Å²) in [6.45, 7) is 0.488. The van der Waals surface area contributed by atoms with Gasteiger partial charge >= 0.3 is 0 Å². The van der Waals surface area contributed by atoms with Gasteiger partial charge in [-0.25, -0.2) is 17.8 Å². The van der Waals surface area contributed by atoms with Gasteiger partial charge in [0.15, 0.2) is 5.13 Å². The second-order valence-electron chi connectivity index (χ2n) is 7.13. The molecular weight excluding hydrogens is 439 g/mol. The second-order valence-corrected chi connectivity index (χ2v) is 9.70. The summed E-state index contributed by atoms with van der Waals surface area (Å²) in [5, 5.41) is 2.45. The number of halogens is 1. The Bertz CT molecular complexity index is 1370. The summed E-state index contributed by atoms with van der Waals surface area (Å²) in [6, 6.07) is 12.2. The van der Waals surface area contributed by atoms with Gasteiger partial charge in [0.25, 0.3) is 10.0 Å². The van der Waals surface area contributed by atoms with Crippen LogP contribution in [-0.2, 0) is 14.8 Å². The third-order valence-corrected chi connectivity index (χ3v) is 7.51. The molecule has 1 saturated heterocycles. The van der Waals surface area contributed by atoms with Crippen molar-refractivity contribution in [3.8, 4) is 0 Å². The lowest BCUT2D eigenvalue weighted by atomic mass is 10.2. The number of carbonyl (C=O) groups is 1. The Hall–Kier alpha value is -3.24. The molecule has 4 aromatic rings. The van der Waals surface area contributed by atoms with Crippen LogP contribution < -0.4 is 9.62 Å². The van der Waals surface area contributed by atoms with Crippen molar-refractivity contribution < 1.29 is 19.0 Å². The van der Waals surface area contributed by atoms with Gasteiger partial charge in [0.05, 0.1) is 10.4 Å². The Kier molecular flexibility index (Phi) is 4.75. The van der Waals surface area contributed by atoms with E-state index in [4.69, 9.17) is 0 Å². The molecule has 3 heterocycles. The first-order valence-corrected chi connectivity index (χ1v) is 11.9. The van der Waals surface area contributed by atoms with Gasteiger partial charge in [0.2, 0.25) is 5.91 Å². The number of thiazole rings is 1. The number of nitrogens with one attached hydrogen (secondary N) is 1. The summed E-state index contributed by atoms with van der Waals surface area (Å²) >= 11 is 1.19. The molecule has 1 aliphatic rings. The number of fused-ring (bicyclic) bond motifs is 1. The smallest absolute Gasteiger partial charge is 0.263 e. The molecule has 1 atom stereocenters. The van der Waals surface area contributed by atoms with E-state index in [0.717, 1.165) is 0 Å². The fraction of sp³-hybridized carbons (Fsp3) is 0.143. The molecule has 7 nitrogen and oxygen atoms in total. The maximum Gasteiger partial charge on any atom is 0.263 e. The molecule has 1 N–H and O–H groups in total. The lowest BCUT2D eigenvalue weighted by Crippen LogP contribution is -2.28. The van der Waals surface area contributed by atoms with Gasteiger partial charge in [-0.05, 0) is 48.9 Å². The summed E-state index contributed by atoms with van der Waals surface area (Å²) < 4.78 is 43.2. The van der Waals surface area contributed by atoms with Crippen molar-refractivity contribution in [3.63, 3.8) is 0 Å². The van der Waals surface area contributed by atoms with E-state index in [9.17, 15) is 17.6 Å². The van der Waals surface area contributed by atoms with Crippen LogP contribution in [0.4, 0.5) is 15.2 Å². The minimum Gasteiger partial charge on any atom is -0.335 e. The minimum absolute atomic E-state index is 0. The quantitative estimate of drug-likeness (QED) is 0.484. The topological polar surface area (TPSA) is 84.3 Å². The Morgan fingerprint density at radius 1 is 1.16 bits per heavy atom. The van der Waals surface area contributed by atoms with E-state index in [-0.39, 0.29) is 23.2 Å². The van der Waals surface area contributed by atoms with E-state index >= 15 is 0 Å². The molecule has 2 aromatic heterocycles. The number of carbonyl (C=O) groups excluding carboxylic acids is 1. The largest absolute Gasteiger partial charge is 0.335 e. The van der Waals surface area contributed by atoms with Crippen molar-refractivity contribution in [3.05, 3.63) is 72.1 Å². The predicted octanol–water partition coefficient (Wildman–Crippen LogP) is 4.26. The third kappa shape index (κ3) is 3.47. The van der Waals surface area contributed by atoms with Gasteiger partial charge in [-0.2, -0.15) is 0 Å². The normalized spacial score (nSPS) is 16.9. The summed E-state index contributed by atoms with van der Waals surface area (Å²) in [7, 11) is -3.76. The number of amides is 1. The second kappa shape index (κ2) is 7.47. The summed E-state index contributed by atoms with van der Waals surface area (Å²) in [5.41, 5.74) is 1.29. The van der Waals surface area contributed by atoms with Crippen molar-refractivity contribution in [2.75, 3.05) is 16.2 Å². The Labute approximate surface area is 183 Å². The number of rotatable bonds is 5. The molecule has 0 bridgehead atoms. The van der Waals surface area contributed by atoms with E-state index < -0.39 is 16.1 Å². The number of nitrogens with zero attached hydrogens (tertiary/aromatic N) is 3. The molecule has 1 aliphatic heterocycles. The van der Waals surface area contributed by atoms with E-state index in [1.165, 1.54) is 35.7 Å². The number of anilines is 2. The number of hydrogen-bond donors (Lipinski definition) is 1. The van der Waals surface area contributed by atoms with Gasteiger partial charge in [-0.15, -0.1) is 11.3 Å². The number of aromatic nitrogens is 2. The van der Waals surface area contributed by atoms with Crippen LogP contribution >= 0.6 is 11.3 Å². The van der Waals surface area contributed by atoms with E-state index in [2.05, 4.69) is 9.71 Å². The van der Waals surface area contributed by atoms with Crippen LogP contribution in [0.5, 0.6) is 0 Å². The number of benzene rings is 2. The lowest BCUT2D eigenvalue weighted by Gasteiger charge is -2.18. The van der Waals surface area contributed by atoms with Gasteiger partial charge in [-0.1, -0.05) is 6.07 Å². The lowest BCUT2D eigenvalue weighted by molar-refractivity contribution is -0.119. The van der Waals surface area contributed by atoms with Gasteiger partial charge in [0.1, 0.15) is 11.9 Å². The standard InChI is InChI=1S/C21H17FN4O3S2.H2/c22-17-2-1-3-18-16(17)8-11-26(18)19-9-12-25(20(19)27)14-4-6-15(7-5-14)31(28,29)24-21-23-10-13-30-21;/h1-8,10-11,13,19H,9,12H2,(H,23,24);1H/t19-;/m0./s1. The predicted molar refractivity (Wildman–Crippen MR) is 119 cm³/mol. The highest BCUT2D eigenvalue weighted by Crippen LogP contribution is 2.32. The molecule has 0 spiro atoms. The molecule has 0 unspecified atom stereocenters. The fourth-order valence-corrected chi connectivity index (χ4v) is 5.64. The van der Waals surface area contributed by atoms with Gasteiger partial charge < -0.3 is 9.47 Å². The van der Waals surface area contributed by atoms with Crippen LogP contribution in [0.15, 0.2) is 71.2 Å². The van der Waals surface area contributed by atoms with Crippen LogP contribution in [0.25, 0.3) is 10.9 Å². The van der Waals surface area contributed by atoms with Gasteiger partial charge in [0, 0.05) is 36.8 Å². The first-order chi connectivity index (χ1) is 14.9. The van der Waals surface area contributed by atoms with E-state index in [1.54, 1.807) is 51.4 Å². The molecule has 10 heteroatoms. The fourth-order valence-electron chi connectivity index (χ4n) is 3.85. The van der Waals surface area contributed by atoms with Crippen molar-refractivity contribution in [1.29, 1.82) is 0 Å². The van der Waals surface area contributed by atoms with Crippen LogP contribution in [0.2, 0.25) is 0 Å². The molecule has 0 aliphatic carbocycles. The summed E-state index contributed by atoms with van der Waals surface area (Å²) in [4.78, 5) is 18.7. The Balaban J connectivity index is 0.00000245. The molecule has 31 heavy (non-hydrogen) atoms. The Morgan fingerprint density at radius 2 is 1.97 bits per heavy atom. The highest BCUT2D eigenvalue weighted by molar-refractivity contribution is 7.93. The third-order valence-electron chi connectivity index (χ3n) is 5.34. The van der Waals surface area contributed by atoms with E-state index in [1.807, 2.05) is 0 Å². The highest BCUT2D eigenvalue weighted by atomic mass is 32.2. The molecule has 1 amide bonds. The number of hydrogen-bond acceptors (Lipinski definition) is 5. The molecular formula is C21H19FN4O3S2.